The molecule has 0 spiro atoms. The Morgan fingerprint density at radius 3 is 1.33 bits per heavy atom. The second-order valence-corrected chi connectivity index (χ2v) is 0.250. The van der Waals surface area contributed by atoms with E-state index in [1.165, 1.54) is 0 Å². The SMILES string of the molecule is O=C([O-])[O-].[K+].[Ti+2]. The zero-order valence-corrected chi connectivity index (χ0v) is 7.91. The van der Waals surface area contributed by atoms with Crippen LogP contribution in [-0.4, -0.2) is 6.16 Å². The predicted octanol–water partition coefficient (Wildman–Crippen LogP) is -5.45. The van der Waals surface area contributed by atoms with E-state index < -0.39 is 6.16 Å². The fraction of sp³-hybridized carbons (Fsp3) is 0. The molecule has 0 aliphatic rings. The standard InChI is InChI=1S/CH2O3.K.Ti/c2-1(3)4;;/h(H2,2,3,4);;/q;+1;+2/p-2. The molecule has 0 fully saturated rings. The van der Waals surface area contributed by atoms with E-state index in [1.54, 1.807) is 0 Å². The summed E-state index contributed by atoms with van der Waals surface area (Å²) in [5.74, 6) is 0. The van der Waals surface area contributed by atoms with Crippen LogP contribution in [0.3, 0.4) is 0 Å². The maximum atomic E-state index is 8.33. The van der Waals surface area contributed by atoms with Gasteiger partial charge in [0, 0.05) is 0 Å². The number of hydrogen-bond acceptors (Lipinski definition) is 3. The third-order valence-electron chi connectivity index (χ3n) is 0. The van der Waals surface area contributed by atoms with Gasteiger partial charge in [-0.05, 0) is 6.16 Å². The molecule has 0 aliphatic heterocycles. The van der Waals surface area contributed by atoms with Crippen molar-refractivity contribution in [2.75, 3.05) is 0 Å². The minimum absolute atomic E-state index is 0. The van der Waals surface area contributed by atoms with Crippen molar-refractivity contribution in [2.24, 2.45) is 0 Å². The molecule has 0 radical (unpaired) electrons. The van der Waals surface area contributed by atoms with Crippen LogP contribution in [0.15, 0.2) is 0 Å². The summed E-state index contributed by atoms with van der Waals surface area (Å²) in [6.45, 7) is 0. The maximum absolute atomic E-state index is 8.33. The minimum atomic E-state index is -2.33. The first-order chi connectivity index (χ1) is 1.73. The summed E-state index contributed by atoms with van der Waals surface area (Å²) in [6, 6.07) is 0. The second-order valence-electron chi connectivity index (χ2n) is 0.250. The first-order valence-corrected chi connectivity index (χ1v) is 0.612. The van der Waals surface area contributed by atoms with Crippen molar-refractivity contribution < 1.29 is 88.1 Å². The Kier molecular flexibility index (Phi) is 25.5. The monoisotopic (exact) mass is 147 g/mol. The summed E-state index contributed by atoms with van der Waals surface area (Å²) < 4.78 is 0. The molecule has 0 aromatic carbocycles. The molecule has 0 saturated carbocycles. The van der Waals surface area contributed by atoms with Crippen molar-refractivity contribution >= 4 is 6.16 Å². The van der Waals surface area contributed by atoms with Gasteiger partial charge < -0.3 is 15.0 Å². The third kappa shape index (κ3) is 45.7. The zero-order valence-electron chi connectivity index (χ0n) is 3.22. The summed E-state index contributed by atoms with van der Waals surface area (Å²) in [7, 11) is 0. The molecular weight excluding hydrogens is 147 g/mol. The maximum Gasteiger partial charge on any atom is 2.00 e. The van der Waals surface area contributed by atoms with E-state index in [0.717, 1.165) is 0 Å². The second kappa shape index (κ2) is 9.80. The van der Waals surface area contributed by atoms with Crippen molar-refractivity contribution in [1.29, 1.82) is 0 Å². The van der Waals surface area contributed by atoms with Crippen LogP contribution in [0.25, 0.3) is 0 Å². The van der Waals surface area contributed by atoms with Crippen LogP contribution in [0.4, 0.5) is 4.79 Å². The Labute approximate surface area is 92.4 Å². The van der Waals surface area contributed by atoms with Gasteiger partial charge in [-0.3, -0.25) is 0 Å². The van der Waals surface area contributed by atoms with E-state index in [0.29, 0.717) is 0 Å². The van der Waals surface area contributed by atoms with Gasteiger partial charge in [-0.15, -0.1) is 0 Å². The van der Waals surface area contributed by atoms with Gasteiger partial charge in [-0.2, -0.15) is 0 Å². The van der Waals surface area contributed by atoms with Crippen molar-refractivity contribution in [1.82, 2.24) is 0 Å². The molecule has 0 rings (SSSR count). The molecule has 0 amide bonds. The van der Waals surface area contributed by atoms with Crippen LogP contribution < -0.4 is 61.6 Å². The van der Waals surface area contributed by atoms with Gasteiger partial charge in [0.15, 0.2) is 0 Å². The van der Waals surface area contributed by atoms with Gasteiger partial charge in [0.2, 0.25) is 0 Å². The Bertz CT molecular complexity index is 33.8. The molecule has 0 heterocycles. The van der Waals surface area contributed by atoms with E-state index in [1.807, 2.05) is 0 Å². The van der Waals surface area contributed by atoms with Crippen molar-refractivity contribution in [3.8, 4) is 0 Å². The molecule has 0 atom stereocenters. The Morgan fingerprint density at radius 1 is 1.33 bits per heavy atom. The van der Waals surface area contributed by atoms with Crippen LogP contribution in [-0.2, 0) is 21.7 Å². The fourth-order valence-electron chi connectivity index (χ4n) is 0. The Morgan fingerprint density at radius 2 is 1.33 bits per heavy atom. The molecular formula is CKO3Ti+. The van der Waals surface area contributed by atoms with Gasteiger partial charge in [0.25, 0.3) is 0 Å². The quantitative estimate of drug-likeness (QED) is 0.321. The number of hydrogen-bond donors (Lipinski definition) is 0. The van der Waals surface area contributed by atoms with E-state index in [-0.39, 0.29) is 73.1 Å². The Balaban J connectivity index is -0.0000000450. The average Bonchev–Trinajstić information content (AvgIpc) is 0.811. The van der Waals surface area contributed by atoms with Crippen molar-refractivity contribution in [2.45, 2.75) is 0 Å². The largest absolute Gasteiger partial charge is 2.00 e. The van der Waals surface area contributed by atoms with Crippen LogP contribution in [0, 0.1) is 0 Å². The number of carbonyl (C=O) groups is 1. The molecule has 0 saturated heterocycles. The molecule has 3 nitrogen and oxygen atoms in total. The first kappa shape index (κ1) is 15.6. The van der Waals surface area contributed by atoms with Gasteiger partial charge >= 0.3 is 73.1 Å². The number of carbonyl (C=O) groups excluding carboxylic acids is 1. The molecule has 0 bridgehead atoms. The molecule has 0 N–H and O–H groups in total. The summed E-state index contributed by atoms with van der Waals surface area (Å²) in [5, 5.41) is 16.7. The first-order valence-electron chi connectivity index (χ1n) is 0.612. The van der Waals surface area contributed by atoms with E-state index in [2.05, 4.69) is 0 Å². The smallest absolute Gasteiger partial charge is 0.652 e. The Hall–Kier alpha value is 1.62. The molecule has 5 heteroatoms. The molecule has 0 unspecified atom stereocenters. The summed E-state index contributed by atoms with van der Waals surface area (Å²) in [6.07, 6.45) is -2.33. The molecule has 6 heavy (non-hydrogen) atoms. The fourth-order valence-corrected chi connectivity index (χ4v) is 0. The van der Waals surface area contributed by atoms with Crippen LogP contribution in [0.1, 0.15) is 0 Å². The van der Waals surface area contributed by atoms with E-state index in [9.17, 15) is 0 Å². The van der Waals surface area contributed by atoms with Gasteiger partial charge in [-0.25, -0.2) is 0 Å². The van der Waals surface area contributed by atoms with E-state index >= 15 is 0 Å². The van der Waals surface area contributed by atoms with Gasteiger partial charge in [0.1, 0.15) is 0 Å². The average molecular weight is 147 g/mol. The van der Waals surface area contributed by atoms with Crippen molar-refractivity contribution in [3.05, 3.63) is 0 Å². The topological polar surface area (TPSA) is 63.2 Å². The van der Waals surface area contributed by atoms with Crippen LogP contribution in [0.5, 0.6) is 0 Å². The number of carboxylic acid groups (broad SMARTS) is 2. The van der Waals surface area contributed by atoms with Crippen LogP contribution >= 0.6 is 0 Å². The summed E-state index contributed by atoms with van der Waals surface area (Å²) in [5.41, 5.74) is 0. The summed E-state index contributed by atoms with van der Waals surface area (Å²) in [4.78, 5) is 8.33. The predicted molar refractivity (Wildman–Crippen MR) is 5.40 cm³/mol. The third-order valence-corrected chi connectivity index (χ3v) is 0. The summed E-state index contributed by atoms with van der Waals surface area (Å²) >= 11 is 0. The molecule has 26 valence electrons. The minimum Gasteiger partial charge on any atom is -0.652 e. The van der Waals surface area contributed by atoms with Crippen LogP contribution in [0.2, 0.25) is 0 Å². The normalized spacial score (nSPS) is 4.00. The van der Waals surface area contributed by atoms with Crippen molar-refractivity contribution in [3.63, 3.8) is 0 Å². The molecule has 0 aliphatic carbocycles. The number of rotatable bonds is 0. The van der Waals surface area contributed by atoms with Gasteiger partial charge in [0.05, 0.1) is 0 Å². The van der Waals surface area contributed by atoms with Gasteiger partial charge in [-0.1, -0.05) is 0 Å². The zero-order chi connectivity index (χ0) is 3.58. The van der Waals surface area contributed by atoms with E-state index in [4.69, 9.17) is 15.0 Å². The molecule has 0 aromatic heterocycles. The molecule has 0 aromatic rings.